The molecule has 0 amide bonds. The normalized spacial score (nSPS) is 10.7. The largest absolute Gasteiger partial charge is 0.307 e. The standard InChI is InChI=1S/C13H15ClN2S/c1-2-13-16-11(9-17-13)8-15-7-10-5-3-4-6-12(10)14/h3-6,9,15H,2,7-8H2,1H3. The number of hydrogen-bond acceptors (Lipinski definition) is 3. The number of rotatable bonds is 5. The summed E-state index contributed by atoms with van der Waals surface area (Å²) in [5.74, 6) is 0. The highest BCUT2D eigenvalue weighted by atomic mass is 35.5. The van der Waals surface area contributed by atoms with Crippen LogP contribution in [0.3, 0.4) is 0 Å². The molecule has 2 aromatic rings. The van der Waals surface area contributed by atoms with Crippen molar-refractivity contribution in [1.82, 2.24) is 10.3 Å². The fraction of sp³-hybridized carbons (Fsp3) is 0.308. The van der Waals surface area contributed by atoms with Crippen LogP contribution in [0.1, 0.15) is 23.2 Å². The second-order valence-corrected chi connectivity index (χ2v) is 5.13. The van der Waals surface area contributed by atoms with Gasteiger partial charge in [-0.25, -0.2) is 4.98 Å². The van der Waals surface area contributed by atoms with E-state index in [-0.39, 0.29) is 0 Å². The molecule has 0 spiro atoms. The summed E-state index contributed by atoms with van der Waals surface area (Å²) in [4.78, 5) is 4.51. The van der Waals surface area contributed by atoms with E-state index in [2.05, 4.69) is 22.6 Å². The molecule has 17 heavy (non-hydrogen) atoms. The van der Waals surface area contributed by atoms with Gasteiger partial charge >= 0.3 is 0 Å². The number of hydrogen-bond donors (Lipinski definition) is 1. The molecular weight excluding hydrogens is 252 g/mol. The van der Waals surface area contributed by atoms with E-state index < -0.39 is 0 Å². The summed E-state index contributed by atoms with van der Waals surface area (Å²) < 4.78 is 0. The summed E-state index contributed by atoms with van der Waals surface area (Å²) in [6.07, 6.45) is 1.01. The number of aromatic nitrogens is 1. The van der Waals surface area contributed by atoms with E-state index in [4.69, 9.17) is 11.6 Å². The molecule has 1 heterocycles. The molecule has 0 atom stereocenters. The lowest BCUT2D eigenvalue weighted by Gasteiger charge is -2.04. The van der Waals surface area contributed by atoms with E-state index in [0.29, 0.717) is 0 Å². The van der Waals surface area contributed by atoms with Crippen molar-refractivity contribution < 1.29 is 0 Å². The Morgan fingerprint density at radius 3 is 2.82 bits per heavy atom. The zero-order valence-electron chi connectivity index (χ0n) is 9.74. The summed E-state index contributed by atoms with van der Waals surface area (Å²) in [5.41, 5.74) is 2.24. The van der Waals surface area contributed by atoms with E-state index in [1.807, 2.05) is 24.3 Å². The fourth-order valence-electron chi connectivity index (χ4n) is 1.56. The minimum absolute atomic E-state index is 0.776. The highest BCUT2D eigenvalue weighted by Crippen LogP contribution is 2.15. The lowest BCUT2D eigenvalue weighted by atomic mass is 10.2. The van der Waals surface area contributed by atoms with Gasteiger partial charge in [0.15, 0.2) is 0 Å². The smallest absolute Gasteiger partial charge is 0.0926 e. The number of nitrogens with zero attached hydrogens (tertiary/aromatic N) is 1. The lowest BCUT2D eigenvalue weighted by Crippen LogP contribution is -2.13. The quantitative estimate of drug-likeness (QED) is 0.894. The molecule has 1 N–H and O–H groups in total. The molecule has 0 radical (unpaired) electrons. The van der Waals surface area contributed by atoms with E-state index in [9.17, 15) is 0 Å². The first-order valence-electron chi connectivity index (χ1n) is 5.67. The van der Waals surface area contributed by atoms with Crippen LogP contribution in [-0.2, 0) is 19.5 Å². The third-order valence-corrected chi connectivity index (χ3v) is 3.89. The Morgan fingerprint density at radius 1 is 1.29 bits per heavy atom. The molecule has 4 heteroatoms. The second kappa shape index (κ2) is 6.15. The molecule has 0 aliphatic carbocycles. The maximum Gasteiger partial charge on any atom is 0.0926 e. The number of aryl methyl sites for hydroxylation is 1. The maximum absolute atomic E-state index is 6.08. The van der Waals surface area contributed by atoms with Gasteiger partial charge in [0.25, 0.3) is 0 Å². The highest BCUT2D eigenvalue weighted by Gasteiger charge is 2.01. The summed E-state index contributed by atoms with van der Waals surface area (Å²) in [6, 6.07) is 7.89. The Kier molecular flexibility index (Phi) is 4.54. The first-order valence-corrected chi connectivity index (χ1v) is 6.92. The molecule has 0 aliphatic heterocycles. The minimum atomic E-state index is 0.776. The molecular formula is C13H15ClN2S. The van der Waals surface area contributed by atoms with Gasteiger partial charge in [0.05, 0.1) is 10.7 Å². The van der Waals surface area contributed by atoms with Gasteiger partial charge in [-0.15, -0.1) is 11.3 Å². The van der Waals surface area contributed by atoms with E-state index in [1.165, 1.54) is 5.01 Å². The first kappa shape index (κ1) is 12.6. The summed E-state index contributed by atoms with van der Waals surface area (Å²) in [7, 11) is 0. The van der Waals surface area contributed by atoms with Gasteiger partial charge in [-0.1, -0.05) is 36.7 Å². The van der Waals surface area contributed by atoms with Gasteiger partial charge in [0.1, 0.15) is 0 Å². The van der Waals surface area contributed by atoms with Crippen LogP contribution in [0, 0.1) is 0 Å². The Labute approximate surface area is 111 Å². The van der Waals surface area contributed by atoms with E-state index >= 15 is 0 Å². The van der Waals surface area contributed by atoms with Crippen LogP contribution in [0.5, 0.6) is 0 Å². The molecule has 0 saturated heterocycles. The van der Waals surface area contributed by atoms with Crippen LogP contribution >= 0.6 is 22.9 Å². The average molecular weight is 267 g/mol. The molecule has 0 saturated carbocycles. The second-order valence-electron chi connectivity index (χ2n) is 3.78. The third kappa shape index (κ3) is 3.53. The molecule has 0 bridgehead atoms. The maximum atomic E-state index is 6.08. The Hall–Kier alpha value is -0.900. The molecule has 2 rings (SSSR count). The number of benzene rings is 1. The monoisotopic (exact) mass is 266 g/mol. The van der Waals surface area contributed by atoms with Gasteiger partial charge in [0.2, 0.25) is 0 Å². The minimum Gasteiger partial charge on any atom is -0.307 e. The van der Waals surface area contributed by atoms with Crippen molar-refractivity contribution in [3.05, 3.63) is 50.9 Å². The topological polar surface area (TPSA) is 24.9 Å². The fourth-order valence-corrected chi connectivity index (χ4v) is 2.51. The number of nitrogens with one attached hydrogen (secondary N) is 1. The van der Waals surface area contributed by atoms with Gasteiger partial charge in [-0.3, -0.25) is 0 Å². The molecule has 1 aromatic heterocycles. The summed E-state index contributed by atoms with van der Waals surface area (Å²) in [5, 5.41) is 7.47. The Morgan fingerprint density at radius 2 is 2.12 bits per heavy atom. The van der Waals surface area contributed by atoms with Gasteiger partial charge in [0, 0.05) is 23.5 Å². The predicted molar refractivity (Wildman–Crippen MR) is 73.5 cm³/mol. The average Bonchev–Trinajstić information content (AvgIpc) is 2.80. The highest BCUT2D eigenvalue weighted by molar-refractivity contribution is 7.09. The van der Waals surface area contributed by atoms with Gasteiger partial charge in [-0.05, 0) is 18.1 Å². The van der Waals surface area contributed by atoms with Gasteiger partial charge in [-0.2, -0.15) is 0 Å². The van der Waals surface area contributed by atoms with Crippen LogP contribution in [0.4, 0.5) is 0 Å². The van der Waals surface area contributed by atoms with Crippen molar-refractivity contribution in [2.45, 2.75) is 26.4 Å². The first-order chi connectivity index (χ1) is 8.29. The number of halogens is 1. The Balaban J connectivity index is 1.85. The van der Waals surface area contributed by atoms with Crippen molar-refractivity contribution >= 4 is 22.9 Å². The molecule has 0 unspecified atom stereocenters. The van der Waals surface area contributed by atoms with Crippen LogP contribution in [-0.4, -0.2) is 4.98 Å². The molecule has 90 valence electrons. The zero-order valence-corrected chi connectivity index (χ0v) is 11.3. The van der Waals surface area contributed by atoms with Gasteiger partial charge < -0.3 is 5.32 Å². The van der Waals surface area contributed by atoms with Crippen molar-refractivity contribution in [2.75, 3.05) is 0 Å². The predicted octanol–water partition coefficient (Wildman–Crippen LogP) is 3.65. The Bertz CT molecular complexity index is 482. The van der Waals surface area contributed by atoms with Crippen LogP contribution in [0.15, 0.2) is 29.6 Å². The van der Waals surface area contributed by atoms with Crippen LogP contribution in [0.25, 0.3) is 0 Å². The number of thiazole rings is 1. The van der Waals surface area contributed by atoms with E-state index in [0.717, 1.165) is 35.8 Å². The van der Waals surface area contributed by atoms with Crippen LogP contribution < -0.4 is 5.32 Å². The van der Waals surface area contributed by atoms with Crippen molar-refractivity contribution in [3.63, 3.8) is 0 Å². The SMILES string of the molecule is CCc1nc(CNCc2ccccc2Cl)cs1. The molecule has 0 fully saturated rings. The molecule has 0 aliphatic rings. The van der Waals surface area contributed by atoms with Crippen molar-refractivity contribution in [3.8, 4) is 0 Å². The summed E-state index contributed by atoms with van der Waals surface area (Å²) in [6.45, 7) is 3.69. The third-order valence-electron chi connectivity index (χ3n) is 2.48. The lowest BCUT2D eigenvalue weighted by molar-refractivity contribution is 0.681. The zero-order chi connectivity index (χ0) is 12.1. The van der Waals surface area contributed by atoms with E-state index in [1.54, 1.807) is 11.3 Å². The van der Waals surface area contributed by atoms with Crippen LogP contribution in [0.2, 0.25) is 5.02 Å². The summed E-state index contributed by atoms with van der Waals surface area (Å²) >= 11 is 7.80. The molecule has 2 nitrogen and oxygen atoms in total. The molecule has 1 aromatic carbocycles. The van der Waals surface area contributed by atoms with Crippen molar-refractivity contribution in [2.24, 2.45) is 0 Å². The van der Waals surface area contributed by atoms with Crippen molar-refractivity contribution in [1.29, 1.82) is 0 Å².